The van der Waals surface area contributed by atoms with E-state index in [-0.39, 0.29) is 0 Å². The van der Waals surface area contributed by atoms with Gasteiger partial charge in [-0.3, -0.25) is 9.88 Å². The fourth-order valence-electron chi connectivity index (χ4n) is 3.95. The van der Waals surface area contributed by atoms with Crippen molar-refractivity contribution in [3.8, 4) is 5.75 Å². The van der Waals surface area contributed by atoms with Crippen molar-refractivity contribution in [1.82, 2.24) is 15.2 Å². The molecule has 0 bridgehead atoms. The molecule has 0 saturated carbocycles. The average Bonchev–Trinajstić information content (AvgIpc) is 3.06. The van der Waals surface area contributed by atoms with E-state index in [0.29, 0.717) is 18.0 Å². The van der Waals surface area contributed by atoms with E-state index in [9.17, 15) is 0 Å². The zero-order valence-electron chi connectivity index (χ0n) is 16.2. The summed E-state index contributed by atoms with van der Waals surface area (Å²) in [5, 5.41) is 3.77. The van der Waals surface area contributed by atoms with Gasteiger partial charge in [-0.1, -0.05) is 18.2 Å². The zero-order chi connectivity index (χ0) is 18.4. The molecule has 0 amide bonds. The van der Waals surface area contributed by atoms with Gasteiger partial charge in [-0.2, -0.15) is 0 Å². The topological polar surface area (TPSA) is 37.4 Å². The van der Waals surface area contributed by atoms with E-state index in [1.807, 2.05) is 30.6 Å². The predicted molar refractivity (Wildman–Crippen MR) is 106 cm³/mol. The molecule has 0 unspecified atom stereocenters. The maximum absolute atomic E-state index is 5.22. The average molecular weight is 354 g/mol. The Labute approximate surface area is 157 Å². The summed E-state index contributed by atoms with van der Waals surface area (Å²) in [6, 6.07) is 13.7. The summed E-state index contributed by atoms with van der Waals surface area (Å²) in [6.07, 6.45) is 7.36. The van der Waals surface area contributed by atoms with Gasteiger partial charge in [0.1, 0.15) is 5.75 Å². The second-order valence-electron chi connectivity index (χ2n) is 7.46. The highest BCUT2D eigenvalue weighted by Gasteiger charge is 2.32. The van der Waals surface area contributed by atoms with Crippen LogP contribution in [0.2, 0.25) is 0 Å². The highest BCUT2D eigenvalue weighted by Crippen LogP contribution is 2.35. The smallest absolute Gasteiger partial charge is 0.118 e. The lowest BCUT2D eigenvalue weighted by molar-refractivity contribution is 0.267. The summed E-state index contributed by atoms with van der Waals surface area (Å²) < 4.78 is 5.22. The predicted octanol–water partition coefficient (Wildman–Crippen LogP) is 3.69. The molecule has 3 atom stereocenters. The molecule has 26 heavy (non-hydrogen) atoms. The van der Waals surface area contributed by atoms with Crippen LogP contribution >= 0.6 is 0 Å². The van der Waals surface area contributed by atoms with E-state index in [1.54, 1.807) is 7.11 Å². The van der Waals surface area contributed by atoms with Gasteiger partial charge in [0.25, 0.3) is 0 Å². The van der Waals surface area contributed by atoms with Crippen LogP contribution in [0.4, 0.5) is 0 Å². The molecule has 1 fully saturated rings. The van der Waals surface area contributed by atoms with E-state index in [1.165, 1.54) is 17.5 Å². The first-order chi connectivity index (χ1) is 12.7. The van der Waals surface area contributed by atoms with Crippen LogP contribution in [0.15, 0.2) is 48.8 Å². The van der Waals surface area contributed by atoms with Crippen LogP contribution in [0, 0.1) is 5.92 Å². The molecule has 1 aromatic heterocycles. The lowest BCUT2D eigenvalue weighted by Gasteiger charge is -2.26. The molecule has 4 heteroatoms. The summed E-state index contributed by atoms with van der Waals surface area (Å²) in [6.45, 7) is 4.51. The largest absolute Gasteiger partial charge is 0.497 e. The minimum Gasteiger partial charge on any atom is -0.497 e. The number of likely N-dealkylation sites (tertiary alicyclic amines) is 1. The fraction of sp³-hybridized carbons (Fsp3) is 0.500. The number of nitrogens with zero attached hydrogens (tertiary/aromatic N) is 2. The molecule has 3 rings (SSSR count). The molecular formula is C22H31N3O. The third kappa shape index (κ3) is 4.83. The van der Waals surface area contributed by atoms with Crippen LogP contribution in [-0.2, 0) is 6.42 Å². The van der Waals surface area contributed by atoms with Crippen molar-refractivity contribution in [3.05, 3.63) is 59.9 Å². The van der Waals surface area contributed by atoms with Crippen molar-refractivity contribution in [2.45, 2.75) is 38.3 Å². The van der Waals surface area contributed by atoms with Crippen LogP contribution in [0.3, 0.4) is 0 Å². The molecule has 140 valence electrons. The molecule has 1 aliphatic heterocycles. The lowest BCUT2D eigenvalue weighted by atomic mass is 9.94. The Kier molecular flexibility index (Phi) is 6.64. The third-order valence-electron chi connectivity index (χ3n) is 5.55. The molecular weight excluding hydrogens is 322 g/mol. The Morgan fingerprint density at radius 1 is 1.27 bits per heavy atom. The van der Waals surface area contributed by atoms with Crippen LogP contribution in [0.5, 0.6) is 5.75 Å². The van der Waals surface area contributed by atoms with E-state index in [2.05, 4.69) is 47.4 Å². The molecule has 0 aliphatic carbocycles. The maximum Gasteiger partial charge on any atom is 0.118 e. The number of hydrogen-bond donors (Lipinski definition) is 1. The molecule has 2 heterocycles. The Morgan fingerprint density at radius 2 is 2.08 bits per heavy atom. The number of benzene rings is 1. The second-order valence-corrected chi connectivity index (χ2v) is 7.46. The summed E-state index contributed by atoms with van der Waals surface area (Å²) in [4.78, 5) is 6.78. The zero-order valence-corrected chi connectivity index (χ0v) is 16.2. The molecule has 1 aromatic carbocycles. The van der Waals surface area contributed by atoms with Gasteiger partial charge in [-0.25, -0.2) is 0 Å². The van der Waals surface area contributed by atoms with Crippen LogP contribution in [0.1, 0.15) is 36.9 Å². The van der Waals surface area contributed by atoms with Gasteiger partial charge in [-0.15, -0.1) is 0 Å². The number of rotatable bonds is 8. The van der Waals surface area contributed by atoms with Gasteiger partial charge >= 0.3 is 0 Å². The first kappa shape index (κ1) is 18.9. The van der Waals surface area contributed by atoms with E-state index in [0.717, 1.165) is 31.7 Å². The number of methoxy groups -OCH3 is 1. The van der Waals surface area contributed by atoms with Crippen molar-refractivity contribution in [1.29, 1.82) is 0 Å². The van der Waals surface area contributed by atoms with Crippen LogP contribution in [-0.4, -0.2) is 43.2 Å². The first-order valence-electron chi connectivity index (χ1n) is 9.64. The standard InChI is InChI=1S/C22H31N3O/c1-17(6-7-18-8-10-21(26-3)11-9-18)24-16-20-12-14-25(2)22(20)19-5-4-13-23-15-19/h4-5,8-11,13,15,17,20,22,24H,6-7,12,14,16H2,1-3H3/t17-,20+,22+/m1/s1. The number of aryl methyl sites for hydroxylation is 1. The molecule has 2 aromatic rings. The Morgan fingerprint density at radius 3 is 2.77 bits per heavy atom. The minimum absolute atomic E-state index is 0.477. The summed E-state index contributed by atoms with van der Waals surface area (Å²) in [7, 11) is 3.94. The molecule has 1 aliphatic rings. The van der Waals surface area contributed by atoms with Crippen LogP contribution in [0.25, 0.3) is 0 Å². The number of nitrogens with one attached hydrogen (secondary N) is 1. The van der Waals surface area contributed by atoms with Gasteiger partial charge in [0.05, 0.1) is 7.11 Å². The van der Waals surface area contributed by atoms with Gasteiger partial charge in [0.2, 0.25) is 0 Å². The van der Waals surface area contributed by atoms with Crippen molar-refractivity contribution in [2.24, 2.45) is 5.92 Å². The fourth-order valence-corrected chi connectivity index (χ4v) is 3.95. The Bertz CT molecular complexity index is 659. The molecule has 1 N–H and O–H groups in total. The monoisotopic (exact) mass is 353 g/mol. The van der Waals surface area contributed by atoms with Gasteiger partial charge in [-0.05, 0) is 75.0 Å². The SMILES string of the molecule is COc1ccc(CC[C@@H](C)NC[C@@H]2CCN(C)[C@H]2c2cccnc2)cc1. The van der Waals surface area contributed by atoms with Gasteiger partial charge in [0.15, 0.2) is 0 Å². The van der Waals surface area contributed by atoms with E-state index in [4.69, 9.17) is 4.74 Å². The minimum atomic E-state index is 0.477. The van der Waals surface area contributed by atoms with Crippen molar-refractivity contribution < 1.29 is 4.74 Å². The molecule has 4 nitrogen and oxygen atoms in total. The van der Waals surface area contributed by atoms with Crippen LogP contribution < -0.4 is 10.1 Å². The molecule has 1 saturated heterocycles. The van der Waals surface area contributed by atoms with Crippen molar-refractivity contribution in [2.75, 3.05) is 27.2 Å². The highest BCUT2D eigenvalue weighted by atomic mass is 16.5. The molecule has 0 radical (unpaired) electrons. The Balaban J connectivity index is 1.48. The summed E-state index contributed by atoms with van der Waals surface area (Å²) in [5.74, 6) is 1.57. The van der Waals surface area contributed by atoms with Gasteiger partial charge in [0, 0.05) is 31.0 Å². The number of pyridine rings is 1. The summed E-state index contributed by atoms with van der Waals surface area (Å²) in [5.41, 5.74) is 2.71. The molecule has 0 spiro atoms. The second kappa shape index (κ2) is 9.15. The van der Waals surface area contributed by atoms with Gasteiger partial charge < -0.3 is 10.1 Å². The quantitative estimate of drug-likeness (QED) is 0.785. The lowest BCUT2D eigenvalue weighted by Crippen LogP contribution is -2.34. The van der Waals surface area contributed by atoms with E-state index < -0.39 is 0 Å². The normalized spacial score (nSPS) is 21.7. The first-order valence-corrected chi connectivity index (χ1v) is 9.64. The Hall–Kier alpha value is -1.91. The van der Waals surface area contributed by atoms with Crippen molar-refractivity contribution >= 4 is 0 Å². The number of hydrogen-bond acceptors (Lipinski definition) is 4. The maximum atomic E-state index is 5.22. The van der Waals surface area contributed by atoms with Crippen molar-refractivity contribution in [3.63, 3.8) is 0 Å². The third-order valence-corrected chi connectivity index (χ3v) is 5.55. The highest BCUT2D eigenvalue weighted by molar-refractivity contribution is 5.27. The number of aromatic nitrogens is 1. The van der Waals surface area contributed by atoms with E-state index >= 15 is 0 Å². The summed E-state index contributed by atoms with van der Waals surface area (Å²) >= 11 is 0. The number of ether oxygens (including phenoxy) is 1.